The summed E-state index contributed by atoms with van der Waals surface area (Å²) < 4.78 is 0. The van der Waals surface area contributed by atoms with E-state index in [-0.39, 0.29) is 24.2 Å². The maximum atomic E-state index is 11.8. The van der Waals surface area contributed by atoms with Crippen LogP contribution in [0.1, 0.15) is 36.2 Å². The monoisotopic (exact) mass is 219 g/mol. The molecule has 1 aromatic carbocycles. The van der Waals surface area contributed by atoms with Crippen LogP contribution in [0, 0.1) is 6.92 Å². The molecule has 1 rings (SSSR count). The Bertz CT molecular complexity index is 397. The summed E-state index contributed by atoms with van der Waals surface area (Å²) in [7, 11) is 0. The van der Waals surface area contributed by atoms with Crippen molar-refractivity contribution in [3.8, 4) is 0 Å². The van der Waals surface area contributed by atoms with Crippen molar-refractivity contribution in [1.82, 2.24) is 5.32 Å². The van der Waals surface area contributed by atoms with E-state index in [0.717, 1.165) is 5.56 Å². The first-order valence-corrected chi connectivity index (χ1v) is 5.39. The van der Waals surface area contributed by atoms with Gasteiger partial charge in [0.25, 0.3) is 0 Å². The van der Waals surface area contributed by atoms with E-state index in [1.54, 1.807) is 12.1 Å². The third kappa shape index (κ3) is 3.50. The lowest BCUT2D eigenvalue weighted by atomic mass is 10.0. The summed E-state index contributed by atoms with van der Waals surface area (Å²) in [6.07, 6.45) is -0.0803. The Balaban J connectivity index is 2.66. The Morgan fingerprint density at radius 2 is 1.88 bits per heavy atom. The van der Waals surface area contributed by atoms with E-state index in [4.69, 9.17) is 0 Å². The second-order valence-corrected chi connectivity index (χ2v) is 4.14. The van der Waals surface area contributed by atoms with E-state index in [0.29, 0.717) is 5.56 Å². The second-order valence-electron chi connectivity index (χ2n) is 4.14. The van der Waals surface area contributed by atoms with Crippen molar-refractivity contribution in [2.45, 2.75) is 33.2 Å². The number of ketones is 1. The van der Waals surface area contributed by atoms with E-state index >= 15 is 0 Å². The average Bonchev–Trinajstić information content (AvgIpc) is 2.16. The lowest BCUT2D eigenvalue weighted by Gasteiger charge is -2.08. The van der Waals surface area contributed by atoms with Crippen molar-refractivity contribution < 1.29 is 9.59 Å². The Kier molecular flexibility index (Phi) is 4.23. The van der Waals surface area contributed by atoms with Crippen LogP contribution in [0.3, 0.4) is 0 Å². The van der Waals surface area contributed by atoms with Crippen molar-refractivity contribution in [2.75, 3.05) is 0 Å². The lowest BCUT2D eigenvalue weighted by molar-refractivity contribution is -0.120. The predicted molar refractivity (Wildman–Crippen MR) is 63.4 cm³/mol. The molecule has 1 N–H and O–H groups in total. The highest BCUT2D eigenvalue weighted by Gasteiger charge is 2.13. The van der Waals surface area contributed by atoms with E-state index in [9.17, 15) is 9.59 Å². The van der Waals surface area contributed by atoms with Gasteiger partial charge in [0.2, 0.25) is 5.91 Å². The first-order chi connectivity index (χ1) is 7.50. The maximum absolute atomic E-state index is 11.8. The van der Waals surface area contributed by atoms with Crippen LogP contribution in [-0.2, 0) is 4.79 Å². The highest BCUT2D eigenvalue weighted by atomic mass is 16.2. The quantitative estimate of drug-likeness (QED) is 0.622. The number of hydrogen-bond acceptors (Lipinski definition) is 2. The Hall–Kier alpha value is -1.64. The summed E-state index contributed by atoms with van der Waals surface area (Å²) in [5.41, 5.74) is 1.53. The minimum atomic E-state index is -0.219. The fraction of sp³-hybridized carbons (Fsp3) is 0.385. The third-order valence-corrected chi connectivity index (χ3v) is 2.22. The van der Waals surface area contributed by atoms with Gasteiger partial charge in [0.15, 0.2) is 5.78 Å². The lowest BCUT2D eigenvalue weighted by Crippen LogP contribution is -2.31. The molecule has 1 amide bonds. The van der Waals surface area contributed by atoms with Crippen LogP contribution in [0.15, 0.2) is 24.3 Å². The number of Topliss-reactive ketones (excluding diaryl/α,β-unsaturated/α-hetero) is 1. The molecule has 0 saturated carbocycles. The van der Waals surface area contributed by atoms with Crippen molar-refractivity contribution >= 4 is 11.7 Å². The zero-order valence-corrected chi connectivity index (χ0v) is 9.91. The molecule has 3 heteroatoms. The van der Waals surface area contributed by atoms with Gasteiger partial charge in [-0.05, 0) is 26.3 Å². The first kappa shape index (κ1) is 12.4. The molecule has 1 aromatic rings. The summed E-state index contributed by atoms with van der Waals surface area (Å²) in [4.78, 5) is 23.2. The number of aryl methyl sites for hydroxylation is 1. The zero-order valence-electron chi connectivity index (χ0n) is 9.91. The van der Waals surface area contributed by atoms with Crippen LogP contribution >= 0.6 is 0 Å². The van der Waals surface area contributed by atoms with Gasteiger partial charge in [0, 0.05) is 11.6 Å². The minimum absolute atomic E-state index is 0.0668. The van der Waals surface area contributed by atoms with Crippen molar-refractivity contribution in [1.29, 1.82) is 0 Å². The summed E-state index contributed by atoms with van der Waals surface area (Å²) in [5, 5.41) is 2.70. The molecule has 0 saturated heterocycles. The van der Waals surface area contributed by atoms with Gasteiger partial charge in [-0.2, -0.15) is 0 Å². The molecule has 16 heavy (non-hydrogen) atoms. The average molecular weight is 219 g/mol. The summed E-state index contributed by atoms with van der Waals surface area (Å²) >= 11 is 0. The number of amides is 1. The number of benzene rings is 1. The molecule has 86 valence electrons. The van der Waals surface area contributed by atoms with E-state index in [1.165, 1.54) is 0 Å². The number of nitrogens with one attached hydrogen (secondary N) is 1. The van der Waals surface area contributed by atoms with Crippen LogP contribution in [0.25, 0.3) is 0 Å². The fourth-order valence-corrected chi connectivity index (χ4v) is 1.50. The largest absolute Gasteiger partial charge is 0.354 e. The second kappa shape index (κ2) is 5.45. The summed E-state index contributed by atoms with van der Waals surface area (Å²) in [6, 6.07) is 7.37. The molecular weight excluding hydrogens is 202 g/mol. The molecule has 0 bridgehead atoms. The van der Waals surface area contributed by atoms with Gasteiger partial charge in [-0.15, -0.1) is 0 Å². The maximum Gasteiger partial charge on any atom is 0.228 e. The predicted octanol–water partition coefficient (Wildman–Crippen LogP) is 2.09. The van der Waals surface area contributed by atoms with Gasteiger partial charge in [-0.25, -0.2) is 0 Å². The molecule has 0 unspecified atom stereocenters. The van der Waals surface area contributed by atoms with Crippen LogP contribution in [0.4, 0.5) is 0 Å². The topological polar surface area (TPSA) is 46.2 Å². The molecule has 3 nitrogen and oxygen atoms in total. The minimum Gasteiger partial charge on any atom is -0.354 e. The van der Waals surface area contributed by atoms with Gasteiger partial charge in [-0.1, -0.05) is 24.3 Å². The standard InChI is InChI=1S/C13H17NO2/c1-9(2)14-13(16)8-12(15)11-7-5-4-6-10(11)3/h4-7,9H,8H2,1-3H3,(H,14,16). The van der Waals surface area contributed by atoms with Crippen molar-refractivity contribution in [2.24, 2.45) is 0 Å². The molecule has 0 spiro atoms. The summed E-state index contributed by atoms with van der Waals surface area (Å²) in [5.74, 6) is -0.348. The molecule has 0 aliphatic rings. The number of carbonyl (C=O) groups excluding carboxylic acids is 2. The molecule has 0 atom stereocenters. The normalized spacial score (nSPS) is 10.2. The molecule has 0 radical (unpaired) electrons. The van der Waals surface area contributed by atoms with Gasteiger partial charge in [0.05, 0.1) is 6.42 Å². The highest BCUT2D eigenvalue weighted by Crippen LogP contribution is 2.09. The van der Waals surface area contributed by atoms with Crippen molar-refractivity contribution in [3.05, 3.63) is 35.4 Å². The molecule has 0 aromatic heterocycles. The van der Waals surface area contributed by atoms with E-state index < -0.39 is 0 Å². The van der Waals surface area contributed by atoms with Crippen LogP contribution in [-0.4, -0.2) is 17.7 Å². The molecular formula is C13H17NO2. The first-order valence-electron chi connectivity index (χ1n) is 5.39. The Morgan fingerprint density at radius 3 is 2.44 bits per heavy atom. The number of rotatable bonds is 4. The Morgan fingerprint density at radius 1 is 1.25 bits per heavy atom. The summed E-state index contributed by atoms with van der Waals surface area (Å²) in [6.45, 7) is 5.61. The highest BCUT2D eigenvalue weighted by molar-refractivity contribution is 6.08. The number of carbonyl (C=O) groups is 2. The van der Waals surface area contributed by atoms with E-state index in [1.807, 2.05) is 32.9 Å². The van der Waals surface area contributed by atoms with Crippen LogP contribution in [0.5, 0.6) is 0 Å². The third-order valence-electron chi connectivity index (χ3n) is 2.22. The van der Waals surface area contributed by atoms with Crippen LogP contribution < -0.4 is 5.32 Å². The Labute approximate surface area is 95.9 Å². The van der Waals surface area contributed by atoms with Gasteiger partial charge >= 0.3 is 0 Å². The zero-order chi connectivity index (χ0) is 12.1. The van der Waals surface area contributed by atoms with Gasteiger partial charge < -0.3 is 5.32 Å². The fourth-order valence-electron chi connectivity index (χ4n) is 1.50. The molecule has 0 aliphatic heterocycles. The molecule has 0 aliphatic carbocycles. The van der Waals surface area contributed by atoms with Crippen LogP contribution in [0.2, 0.25) is 0 Å². The van der Waals surface area contributed by atoms with Gasteiger partial charge in [-0.3, -0.25) is 9.59 Å². The number of hydrogen-bond donors (Lipinski definition) is 1. The SMILES string of the molecule is Cc1ccccc1C(=O)CC(=O)NC(C)C. The molecule has 0 heterocycles. The smallest absolute Gasteiger partial charge is 0.228 e. The van der Waals surface area contributed by atoms with E-state index in [2.05, 4.69) is 5.32 Å². The van der Waals surface area contributed by atoms with Gasteiger partial charge in [0.1, 0.15) is 0 Å². The van der Waals surface area contributed by atoms with Crippen molar-refractivity contribution in [3.63, 3.8) is 0 Å². The molecule has 0 fully saturated rings.